The summed E-state index contributed by atoms with van der Waals surface area (Å²) in [5.41, 5.74) is 0. The Bertz CT molecular complexity index is 168. The molecule has 0 aliphatic rings. The third kappa shape index (κ3) is 2.62. The minimum atomic E-state index is -0.983. The molecule has 2 N–H and O–H groups in total. The average molecular weight is 173 g/mol. The Morgan fingerprint density at radius 2 is 2.00 bits per heavy atom. The summed E-state index contributed by atoms with van der Waals surface area (Å²) in [6.07, 6.45) is 0.694. The zero-order valence-corrected chi connectivity index (χ0v) is 7.57. The first kappa shape index (κ1) is 11.1. The van der Waals surface area contributed by atoms with Crippen molar-refractivity contribution in [1.29, 1.82) is 0 Å². The highest BCUT2D eigenvalue weighted by Gasteiger charge is 2.28. The van der Waals surface area contributed by atoms with Gasteiger partial charge >= 0.3 is 5.97 Å². The lowest BCUT2D eigenvalue weighted by molar-refractivity contribution is -0.142. The standard InChI is InChI=1S/C8H15NO3/c1-5(2)6(4-10)7(9-3)8(11)12/h4-7,9H,1-3H3,(H,11,12)/t6-,7-/m0/s1. The molecule has 0 bridgehead atoms. The van der Waals surface area contributed by atoms with Gasteiger partial charge in [-0.1, -0.05) is 13.8 Å². The van der Waals surface area contributed by atoms with Crippen LogP contribution >= 0.6 is 0 Å². The van der Waals surface area contributed by atoms with Crippen molar-refractivity contribution in [3.8, 4) is 0 Å². The fourth-order valence-corrected chi connectivity index (χ4v) is 1.10. The average Bonchev–Trinajstić information content (AvgIpc) is 1.98. The molecule has 0 aromatic carbocycles. The zero-order valence-electron chi connectivity index (χ0n) is 7.57. The number of hydrogen-bond acceptors (Lipinski definition) is 3. The molecule has 0 aliphatic carbocycles. The summed E-state index contributed by atoms with van der Waals surface area (Å²) in [4.78, 5) is 21.2. The number of carboxylic acid groups (broad SMARTS) is 1. The molecule has 12 heavy (non-hydrogen) atoms. The van der Waals surface area contributed by atoms with E-state index in [4.69, 9.17) is 5.11 Å². The summed E-state index contributed by atoms with van der Waals surface area (Å²) >= 11 is 0. The van der Waals surface area contributed by atoms with Crippen molar-refractivity contribution in [2.24, 2.45) is 11.8 Å². The predicted molar refractivity (Wildman–Crippen MR) is 44.9 cm³/mol. The molecule has 0 spiro atoms. The van der Waals surface area contributed by atoms with Crippen molar-refractivity contribution >= 4 is 12.3 Å². The van der Waals surface area contributed by atoms with E-state index in [1.165, 1.54) is 7.05 Å². The second-order valence-electron chi connectivity index (χ2n) is 3.06. The third-order valence-corrected chi connectivity index (χ3v) is 1.89. The van der Waals surface area contributed by atoms with Crippen molar-refractivity contribution in [2.75, 3.05) is 7.05 Å². The van der Waals surface area contributed by atoms with Gasteiger partial charge in [0.2, 0.25) is 0 Å². The molecule has 0 saturated heterocycles. The van der Waals surface area contributed by atoms with Crippen LogP contribution in [0.2, 0.25) is 0 Å². The monoisotopic (exact) mass is 173 g/mol. The first-order chi connectivity index (χ1) is 5.54. The van der Waals surface area contributed by atoms with Crippen LogP contribution in [0, 0.1) is 11.8 Å². The van der Waals surface area contributed by atoms with Gasteiger partial charge in [0.15, 0.2) is 0 Å². The Balaban J connectivity index is 4.43. The summed E-state index contributed by atoms with van der Waals surface area (Å²) in [6, 6.07) is -0.775. The molecule has 4 heteroatoms. The van der Waals surface area contributed by atoms with E-state index in [0.29, 0.717) is 6.29 Å². The van der Waals surface area contributed by atoms with Crippen LogP contribution in [0.3, 0.4) is 0 Å². The number of carbonyl (C=O) groups excluding carboxylic acids is 1. The van der Waals surface area contributed by atoms with E-state index in [-0.39, 0.29) is 5.92 Å². The molecule has 0 amide bonds. The lowest BCUT2D eigenvalue weighted by atomic mass is 9.90. The number of aldehydes is 1. The Hall–Kier alpha value is -0.900. The topological polar surface area (TPSA) is 66.4 Å². The van der Waals surface area contributed by atoms with Crippen molar-refractivity contribution in [2.45, 2.75) is 19.9 Å². The summed E-state index contributed by atoms with van der Waals surface area (Å²) < 4.78 is 0. The van der Waals surface area contributed by atoms with E-state index >= 15 is 0 Å². The van der Waals surface area contributed by atoms with Gasteiger partial charge in [-0.2, -0.15) is 0 Å². The first-order valence-electron chi connectivity index (χ1n) is 3.90. The Morgan fingerprint density at radius 1 is 1.50 bits per heavy atom. The van der Waals surface area contributed by atoms with Gasteiger partial charge in [-0.25, -0.2) is 0 Å². The van der Waals surface area contributed by atoms with Crippen LogP contribution in [-0.2, 0) is 9.59 Å². The molecule has 0 rings (SSSR count). The summed E-state index contributed by atoms with van der Waals surface area (Å²) in [5.74, 6) is -1.41. The molecule has 0 aromatic heterocycles. The highest BCUT2D eigenvalue weighted by molar-refractivity contribution is 5.78. The van der Waals surface area contributed by atoms with Crippen molar-refractivity contribution in [1.82, 2.24) is 5.32 Å². The van der Waals surface area contributed by atoms with Gasteiger partial charge in [0.25, 0.3) is 0 Å². The minimum absolute atomic E-state index is 0.0380. The fourth-order valence-electron chi connectivity index (χ4n) is 1.10. The highest BCUT2D eigenvalue weighted by Crippen LogP contribution is 2.12. The summed E-state index contributed by atoms with van der Waals surface area (Å²) in [5, 5.41) is 11.3. The van der Waals surface area contributed by atoms with Gasteiger partial charge in [-0.3, -0.25) is 4.79 Å². The van der Waals surface area contributed by atoms with E-state index < -0.39 is 17.9 Å². The van der Waals surface area contributed by atoms with Crippen LogP contribution < -0.4 is 5.32 Å². The predicted octanol–water partition coefficient (Wildman–Crippen LogP) is 0.130. The largest absolute Gasteiger partial charge is 0.480 e. The first-order valence-corrected chi connectivity index (χ1v) is 3.90. The van der Waals surface area contributed by atoms with Gasteiger partial charge in [0, 0.05) is 5.92 Å². The van der Waals surface area contributed by atoms with Crippen molar-refractivity contribution in [3.05, 3.63) is 0 Å². The van der Waals surface area contributed by atoms with Crippen LogP contribution in [-0.4, -0.2) is 30.5 Å². The molecule has 70 valence electrons. The number of carbonyl (C=O) groups is 2. The molecular formula is C8H15NO3. The van der Waals surface area contributed by atoms with Gasteiger partial charge in [0.05, 0.1) is 0 Å². The normalized spacial score (nSPS) is 15.7. The molecule has 0 fully saturated rings. The number of hydrogen-bond donors (Lipinski definition) is 2. The fraction of sp³-hybridized carbons (Fsp3) is 0.750. The summed E-state index contributed by atoms with van der Waals surface area (Å²) in [6.45, 7) is 3.65. The van der Waals surface area contributed by atoms with Gasteiger partial charge in [-0.15, -0.1) is 0 Å². The molecule has 0 radical (unpaired) electrons. The second kappa shape index (κ2) is 4.87. The third-order valence-electron chi connectivity index (χ3n) is 1.89. The summed E-state index contributed by atoms with van der Waals surface area (Å²) in [7, 11) is 1.54. The van der Waals surface area contributed by atoms with Crippen LogP contribution in [0.15, 0.2) is 0 Å². The molecule has 2 atom stereocenters. The van der Waals surface area contributed by atoms with E-state index in [1.54, 1.807) is 0 Å². The van der Waals surface area contributed by atoms with Crippen LogP contribution in [0.5, 0.6) is 0 Å². The molecule has 0 saturated carbocycles. The van der Waals surface area contributed by atoms with Gasteiger partial charge in [-0.05, 0) is 13.0 Å². The molecule has 0 unspecified atom stereocenters. The quantitative estimate of drug-likeness (QED) is 0.580. The highest BCUT2D eigenvalue weighted by atomic mass is 16.4. The number of aliphatic carboxylic acids is 1. The molecular weight excluding hydrogens is 158 g/mol. The van der Waals surface area contributed by atoms with Crippen LogP contribution in [0.1, 0.15) is 13.8 Å². The SMILES string of the molecule is CN[C@H](C(=O)O)[C@@H](C=O)C(C)C. The lowest BCUT2D eigenvalue weighted by Gasteiger charge is -2.21. The van der Waals surface area contributed by atoms with Gasteiger partial charge < -0.3 is 15.2 Å². The Labute approximate surface area is 72.0 Å². The molecule has 0 aromatic rings. The zero-order chi connectivity index (χ0) is 9.72. The maximum Gasteiger partial charge on any atom is 0.321 e. The van der Waals surface area contributed by atoms with E-state index in [1.807, 2.05) is 13.8 Å². The lowest BCUT2D eigenvalue weighted by Crippen LogP contribution is -2.43. The van der Waals surface area contributed by atoms with Crippen LogP contribution in [0.4, 0.5) is 0 Å². The number of carboxylic acids is 1. The molecule has 4 nitrogen and oxygen atoms in total. The van der Waals surface area contributed by atoms with Crippen LogP contribution in [0.25, 0.3) is 0 Å². The van der Waals surface area contributed by atoms with E-state index in [9.17, 15) is 9.59 Å². The molecule has 0 heterocycles. The number of rotatable bonds is 5. The molecule has 0 aliphatic heterocycles. The Morgan fingerprint density at radius 3 is 2.08 bits per heavy atom. The maximum absolute atomic E-state index is 10.6. The van der Waals surface area contributed by atoms with Crippen molar-refractivity contribution in [3.63, 3.8) is 0 Å². The Kier molecular flexibility index (Phi) is 4.51. The smallest absolute Gasteiger partial charge is 0.321 e. The van der Waals surface area contributed by atoms with Crippen molar-refractivity contribution < 1.29 is 14.7 Å². The number of nitrogens with one attached hydrogen (secondary N) is 1. The van der Waals surface area contributed by atoms with Gasteiger partial charge in [0.1, 0.15) is 12.3 Å². The van der Waals surface area contributed by atoms with E-state index in [0.717, 1.165) is 0 Å². The minimum Gasteiger partial charge on any atom is -0.480 e. The number of likely N-dealkylation sites (N-methyl/N-ethyl adjacent to an activating group) is 1. The second-order valence-corrected chi connectivity index (χ2v) is 3.06. The maximum atomic E-state index is 10.6. The van der Waals surface area contributed by atoms with E-state index in [2.05, 4.69) is 5.32 Å².